The van der Waals surface area contributed by atoms with Gasteiger partial charge in [0, 0.05) is 9.35 Å². The molecule has 1 aromatic carbocycles. The molecule has 1 N–H and O–H groups in total. The Morgan fingerprint density at radius 1 is 1.24 bits per heavy atom. The molecule has 0 aliphatic rings. The topological polar surface area (TPSA) is 12.0 Å². The quantitative estimate of drug-likeness (QED) is 0.716. The van der Waals surface area contributed by atoms with Gasteiger partial charge >= 0.3 is 0 Å². The van der Waals surface area contributed by atoms with Crippen LogP contribution in [0, 0.1) is 0 Å². The molecule has 1 heterocycles. The van der Waals surface area contributed by atoms with Gasteiger partial charge in [0.1, 0.15) is 0 Å². The highest BCUT2D eigenvalue weighted by molar-refractivity contribution is 9.10. The van der Waals surface area contributed by atoms with Crippen molar-refractivity contribution in [1.29, 1.82) is 0 Å². The van der Waals surface area contributed by atoms with Crippen LogP contribution in [0.25, 0.3) is 0 Å². The van der Waals surface area contributed by atoms with E-state index in [-0.39, 0.29) is 6.04 Å². The Morgan fingerprint density at radius 2 is 2.00 bits per heavy atom. The zero-order valence-electron chi connectivity index (χ0n) is 9.01. The highest BCUT2D eigenvalue weighted by atomic mass is 79.9. The molecule has 0 bridgehead atoms. The first-order valence-electron chi connectivity index (χ1n) is 5.03. The molecule has 0 radical (unpaired) electrons. The third-order valence-corrected chi connectivity index (χ3v) is 4.56. The molecule has 2 rings (SSSR count). The minimum atomic E-state index is 0.180. The molecule has 0 spiro atoms. The van der Waals surface area contributed by atoms with Crippen molar-refractivity contribution in [3.05, 3.63) is 49.0 Å². The van der Waals surface area contributed by atoms with Gasteiger partial charge in [0.05, 0.1) is 21.1 Å². The lowest BCUT2D eigenvalue weighted by Gasteiger charge is -2.15. The van der Waals surface area contributed by atoms with Gasteiger partial charge < -0.3 is 5.32 Å². The Labute approximate surface area is 123 Å². The number of rotatable bonds is 3. The number of halogens is 3. The van der Waals surface area contributed by atoms with E-state index in [9.17, 15) is 0 Å². The zero-order valence-corrected chi connectivity index (χ0v) is 12.9. The monoisotopic (exact) mass is 349 g/mol. The van der Waals surface area contributed by atoms with Gasteiger partial charge in [-0.05, 0) is 37.3 Å². The molecular weight excluding hydrogens is 341 g/mol. The largest absolute Gasteiger partial charge is 0.376 e. The first kappa shape index (κ1) is 13.2. The van der Waals surface area contributed by atoms with Crippen LogP contribution in [0.2, 0.25) is 9.36 Å². The van der Waals surface area contributed by atoms with Crippen molar-refractivity contribution in [2.75, 3.05) is 5.32 Å². The van der Waals surface area contributed by atoms with E-state index < -0.39 is 0 Å². The Hall–Kier alpha value is -0.220. The van der Waals surface area contributed by atoms with Gasteiger partial charge in [0.2, 0.25) is 0 Å². The summed E-state index contributed by atoms with van der Waals surface area (Å²) in [6.07, 6.45) is 0. The highest BCUT2D eigenvalue weighted by Gasteiger charge is 2.10. The fourth-order valence-corrected chi connectivity index (χ4v) is 3.07. The average molecular weight is 351 g/mol. The molecule has 5 heteroatoms. The molecule has 0 fully saturated rings. The molecule has 1 unspecified atom stereocenters. The number of benzene rings is 1. The number of nitrogens with one attached hydrogen (secondary N) is 1. The van der Waals surface area contributed by atoms with Crippen LogP contribution in [0.4, 0.5) is 5.69 Å². The van der Waals surface area contributed by atoms with Crippen LogP contribution in [0.1, 0.15) is 17.8 Å². The van der Waals surface area contributed by atoms with Gasteiger partial charge in [-0.15, -0.1) is 11.3 Å². The summed E-state index contributed by atoms with van der Waals surface area (Å²) in [7, 11) is 0. The fourth-order valence-electron chi connectivity index (χ4n) is 1.47. The zero-order chi connectivity index (χ0) is 12.4. The molecule has 90 valence electrons. The Balaban J connectivity index is 2.18. The maximum atomic E-state index is 6.13. The molecule has 1 aromatic heterocycles. The maximum absolute atomic E-state index is 6.13. The summed E-state index contributed by atoms with van der Waals surface area (Å²) in [5, 5.41) is 4.08. The first-order valence-corrected chi connectivity index (χ1v) is 7.39. The average Bonchev–Trinajstić information content (AvgIpc) is 2.70. The lowest BCUT2D eigenvalue weighted by Crippen LogP contribution is -2.05. The van der Waals surface area contributed by atoms with Gasteiger partial charge in [0.25, 0.3) is 0 Å². The van der Waals surface area contributed by atoms with Crippen molar-refractivity contribution >= 4 is 56.2 Å². The molecule has 0 aliphatic carbocycles. The third-order valence-electron chi connectivity index (χ3n) is 2.32. The molecule has 0 saturated heterocycles. The third kappa shape index (κ3) is 3.38. The van der Waals surface area contributed by atoms with E-state index in [0.29, 0.717) is 5.02 Å². The van der Waals surface area contributed by atoms with Crippen LogP contribution in [0.15, 0.2) is 34.8 Å². The van der Waals surface area contributed by atoms with Crippen LogP contribution in [-0.2, 0) is 0 Å². The molecule has 17 heavy (non-hydrogen) atoms. The lowest BCUT2D eigenvalue weighted by molar-refractivity contribution is 0.908. The molecule has 0 amide bonds. The lowest BCUT2D eigenvalue weighted by atomic mass is 10.2. The van der Waals surface area contributed by atoms with Gasteiger partial charge in [-0.3, -0.25) is 0 Å². The Kier molecular flexibility index (Phi) is 4.36. The van der Waals surface area contributed by atoms with E-state index in [1.165, 1.54) is 4.88 Å². The molecule has 1 atom stereocenters. The normalized spacial score (nSPS) is 12.5. The van der Waals surface area contributed by atoms with Crippen molar-refractivity contribution in [3.8, 4) is 0 Å². The van der Waals surface area contributed by atoms with E-state index in [0.717, 1.165) is 14.5 Å². The predicted octanol–water partition coefficient (Wildman–Crippen LogP) is 5.99. The molecule has 0 saturated carbocycles. The van der Waals surface area contributed by atoms with E-state index in [1.807, 2.05) is 30.3 Å². The first-order chi connectivity index (χ1) is 8.06. The number of thiophene rings is 1. The van der Waals surface area contributed by atoms with Crippen LogP contribution in [-0.4, -0.2) is 0 Å². The van der Waals surface area contributed by atoms with Gasteiger partial charge in [-0.25, -0.2) is 0 Å². The number of hydrogen-bond acceptors (Lipinski definition) is 2. The van der Waals surface area contributed by atoms with Gasteiger partial charge in [0.15, 0.2) is 0 Å². The number of hydrogen-bond donors (Lipinski definition) is 1. The second-order valence-electron chi connectivity index (χ2n) is 3.63. The van der Waals surface area contributed by atoms with E-state index in [4.69, 9.17) is 23.2 Å². The summed E-state index contributed by atoms with van der Waals surface area (Å²) in [5.74, 6) is 0. The van der Waals surface area contributed by atoms with Crippen molar-refractivity contribution < 1.29 is 0 Å². The van der Waals surface area contributed by atoms with Crippen molar-refractivity contribution in [3.63, 3.8) is 0 Å². The van der Waals surface area contributed by atoms with Gasteiger partial charge in [-0.2, -0.15) is 0 Å². The maximum Gasteiger partial charge on any atom is 0.0932 e. The van der Waals surface area contributed by atoms with E-state index in [2.05, 4.69) is 28.2 Å². The summed E-state index contributed by atoms with van der Waals surface area (Å²) < 4.78 is 1.80. The minimum Gasteiger partial charge on any atom is -0.376 e. The smallest absolute Gasteiger partial charge is 0.0932 e. The molecule has 2 aromatic rings. The highest BCUT2D eigenvalue weighted by Crippen LogP contribution is 2.32. The molecule has 0 aliphatic heterocycles. The Morgan fingerprint density at radius 3 is 2.65 bits per heavy atom. The fraction of sp³-hybridized carbons (Fsp3) is 0.167. The predicted molar refractivity (Wildman–Crippen MR) is 80.5 cm³/mol. The molecule has 1 nitrogen and oxygen atoms in total. The summed E-state index contributed by atoms with van der Waals surface area (Å²) in [6, 6.07) is 9.86. The minimum absolute atomic E-state index is 0.180. The second kappa shape index (κ2) is 5.61. The van der Waals surface area contributed by atoms with Crippen LogP contribution in [0.3, 0.4) is 0 Å². The summed E-state index contributed by atoms with van der Waals surface area (Å²) in [6.45, 7) is 2.08. The summed E-state index contributed by atoms with van der Waals surface area (Å²) in [4.78, 5) is 1.19. The van der Waals surface area contributed by atoms with E-state index >= 15 is 0 Å². The standard InChI is InChI=1S/C12H10BrCl2NS/c1-7(11-4-5-12(15)17-11)16-10-6-8(13)2-3-9(10)14/h2-7,16H,1H3. The number of anilines is 1. The van der Waals surface area contributed by atoms with Crippen molar-refractivity contribution in [1.82, 2.24) is 0 Å². The van der Waals surface area contributed by atoms with Crippen LogP contribution >= 0.6 is 50.5 Å². The second-order valence-corrected chi connectivity index (χ2v) is 6.70. The van der Waals surface area contributed by atoms with Crippen molar-refractivity contribution in [2.24, 2.45) is 0 Å². The summed E-state index contributed by atoms with van der Waals surface area (Å²) >= 11 is 17.1. The SMILES string of the molecule is CC(Nc1cc(Br)ccc1Cl)c1ccc(Cl)s1. The summed E-state index contributed by atoms with van der Waals surface area (Å²) in [5.41, 5.74) is 0.915. The molecular formula is C12H10BrCl2NS. The van der Waals surface area contributed by atoms with Gasteiger partial charge in [-0.1, -0.05) is 39.1 Å². The Bertz CT molecular complexity index is 527. The van der Waals surface area contributed by atoms with Crippen LogP contribution in [0.5, 0.6) is 0 Å². The van der Waals surface area contributed by atoms with E-state index in [1.54, 1.807) is 11.3 Å². The van der Waals surface area contributed by atoms with Crippen molar-refractivity contribution in [2.45, 2.75) is 13.0 Å². The van der Waals surface area contributed by atoms with Crippen LogP contribution < -0.4 is 5.32 Å².